The number of hydrogen-bond acceptors (Lipinski definition) is 0. The Morgan fingerprint density at radius 3 is 2.69 bits per heavy atom. The maximum Gasteiger partial charge on any atom is -0.0228 e. The topological polar surface area (TPSA) is 0 Å². The van der Waals surface area contributed by atoms with Gasteiger partial charge >= 0.3 is 0 Å². The van der Waals surface area contributed by atoms with Gasteiger partial charge in [-0.1, -0.05) is 44.8 Å². The molecule has 1 unspecified atom stereocenters. The van der Waals surface area contributed by atoms with Gasteiger partial charge in [0.2, 0.25) is 0 Å². The first kappa shape index (κ1) is 10.8. The monoisotopic (exact) mass is 180 g/mol. The van der Waals surface area contributed by atoms with E-state index in [1.54, 1.807) is 5.57 Å². The summed E-state index contributed by atoms with van der Waals surface area (Å²) in [5, 5.41) is 0. The van der Waals surface area contributed by atoms with E-state index in [1.165, 1.54) is 51.4 Å². The van der Waals surface area contributed by atoms with Gasteiger partial charge in [0, 0.05) is 0 Å². The van der Waals surface area contributed by atoms with E-state index in [2.05, 4.69) is 19.9 Å². The third-order valence-corrected chi connectivity index (χ3v) is 3.09. The van der Waals surface area contributed by atoms with Crippen molar-refractivity contribution in [2.45, 2.75) is 65.2 Å². The molecule has 0 heteroatoms. The van der Waals surface area contributed by atoms with Crippen LogP contribution in [0.25, 0.3) is 0 Å². The van der Waals surface area contributed by atoms with Gasteiger partial charge in [-0.15, -0.1) is 0 Å². The molecular weight excluding hydrogens is 156 g/mol. The van der Waals surface area contributed by atoms with Crippen molar-refractivity contribution >= 4 is 0 Å². The predicted molar refractivity (Wildman–Crippen MR) is 59.9 cm³/mol. The van der Waals surface area contributed by atoms with E-state index in [0.29, 0.717) is 0 Å². The van der Waals surface area contributed by atoms with Crippen molar-refractivity contribution in [1.29, 1.82) is 0 Å². The van der Waals surface area contributed by atoms with Crippen LogP contribution >= 0.6 is 0 Å². The molecule has 0 aromatic carbocycles. The Kier molecular flexibility index (Phi) is 5.19. The molecule has 1 aliphatic rings. The second kappa shape index (κ2) is 6.23. The summed E-state index contributed by atoms with van der Waals surface area (Å²) in [6.45, 7) is 4.57. The van der Waals surface area contributed by atoms with Crippen LogP contribution in [0.1, 0.15) is 65.2 Å². The highest BCUT2D eigenvalue weighted by Crippen LogP contribution is 2.30. The standard InChI is InChI=1S/C13H24/c1-3-5-7-12-9-10-13(11-12)8-6-4-2/h11-12H,3-10H2,1-2H3. The summed E-state index contributed by atoms with van der Waals surface area (Å²) in [7, 11) is 0. The quantitative estimate of drug-likeness (QED) is 0.520. The fraction of sp³-hybridized carbons (Fsp3) is 0.846. The van der Waals surface area contributed by atoms with Gasteiger partial charge in [0.05, 0.1) is 0 Å². The molecule has 0 N–H and O–H groups in total. The van der Waals surface area contributed by atoms with Crippen LogP contribution in [0.15, 0.2) is 11.6 Å². The minimum atomic E-state index is 0.937. The van der Waals surface area contributed by atoms with Crippen molar-refractivity contribution in [1.82, 2.24) is 0 Å². The van der Waals surface area contributed by atoms with Gasteiger partial charge in [-0.3, -0.25) is 0 Å². The van der Waals surface area contributed by atoms with Gasteiger partial charge < -0.3 is 0 Å². The lowest BCUT2D eigenvalue weighted by atomic mass is 10.0. The zero-order valence-electron chi connectivity index (χ0n) is 9.31. The van der Waals surface area contributed by atoms with Crippen molar-refractivity contribution in [2.24, 2.45) is 5.92 Å². The van der Waals surface area contributed by atoms with Crippen LogP contribution < -0.4 is 0 Å². The first-order valence-corrected chi connectivity index (χ1v) is 6.06. The van der Waals surface area contributed by atoms with E-state index < -0.39 is 0 Å². The maximum absolute atomic E-state index is 2.57. The zero-order valence-corrected chi connectivity index (χ0v) is 9.31. The lowest BCUT2D eigenvalue weighted by Gasteiger charge is -2.03. The SMILES string of the molecule is CCCCC1=CC(CCCC)CC1. The highest BCUT2D eigenvalue weighted by atomic mass is 14.2. The zero-order chi connectivity index (χ0) is 9.52. The van der Waals surface area contributed by atoms with E-state index in [4.69, 9.17) is 0 Å². The molecule has 0 aromatic rings. The first-order valence-electron chi connectivity index (χ1n) is 6.06. The normalized spacial score (nSPS) is 22.0. The molecule has 0 amide bonds. The third-order valence-electron chi connectivity index (χ3n) is 3.09. The van der Waals surface area contributed by atoms with E-state index in [0.717, 1.165) is 5.92 Å². The molecule has 1 aliphatic carbocycles. The van der Waals surface area contributed by atoms with Gasteiger partial charge in [-0.25, -0.2) is 0 Å². The predicted octanol–water partition coefficient (Wildman–Crippen LogP) is 4.70. The Bertz CT molecular complexity index is 155. The Hall–Kier alpha value is -0.260. The van der Waals surface area contributed by atoms with Crippen LogP contribution in [-0.4, -0.2) is 0 Å². The largest absolute Gasteiger partial charge is 0.0822 e. The molecule has 0 heterocycles. The van der Waals surface area contributed by atoms with Crippen LogP contribution in [0.3, 0.4) is 0 Å². The second-order valence-corrected chi connectivity index (χ2v) is 4.37. The number of unbranched alkanes of at least 4 members (excludes halogenated alkanes) is 2. The van der Waals surface area contributed by atoms with Crippen LogP contribution in [0.4, 0.5) is 0 Å². The van der Waals surface area contributed by atoms with Crippen LogP contribution in [0.5, 0.6) is 0 Å². The molecule has 13 heavy (non-hydrogen) atoms. The summed E-state index contributed by atoms with van der Waals surface area (Å²) in [6, 6.07) is 0. The average molecular weight is 180 g/mol. The Labute approximate surface area is 83.4 Å². The van der Waals surface area contributed by atoms with E-state index >= 15 is 0 Å². The highest BCUT2D eigenvalue weighted by Gasteiger charge is 2.14. The second-order valence-electron chi connectivity index (χ2n) is 4.37. The van der Waals surface area contributed by atoms with Crippen LogP contribution in [0, 0.1) is 5.92 Å². The smallest absolute Gasteiger partial charge is 0.0228 e. The Morgan fingerprint density at radius 2 is 2.00 bits per heavy atom. The summed E-state index contributed by atoms with van der Waals surface area (Å²) < 4.78 is 0. The summed E-state index contributed by atoms with van der Waals surface area (Å²) in [4.78, 5) is 0. The minimum absolute atomic E-state index is 0.937. The molecule has 0 aliphatic heterocycles. The molecule has 0 saturated carbocycles. The Morgan fingerprint density at radius 1 is 1.23 bits per heavy atom. The van der Waals surface area contributed by atoms with Crippen molar-refractivity contribution in [3.8, 4) is 0 Å². The molecular formula is C13H24. The van der Waals surface area contributed by atoms with Crippen molar-refractivity contribution in [2.75, 3.05) is 0 Å². The summed E-state index contributed by atoms with van der Waals surface area (Å²) >= 11 is 0. The molecule has 0 nitrogen and oxygen atoms in total. The average Bonchev–Trinajstić information content (AvgIpc) is 2.59. The molecule has 1 atom stereocenters. The fourth-order valence-corrected chi connectivity index (χ4v) is 2.18. The molecule has 0 bridgehead atoms. The van der Waals surface area contributed by atoms with Crippen LogP contribution in [-0.2, 0) is 0 Å². The van der Waals surface area contributed by atoms with Gasteiger partial charge in [-0.2, -0.15) is 0 Å². The molecule has 0 radical (unpaired) electrons. The number of hydrogen-bond donors (Lipinski definition) is 0. The molecule has 1 rings (SSSR count). The highest BCUT2D eigenvalue weighted by molar-refractivity contribution is 5.10. The van der Waals surface area contributed by atoms with Gasteiger partial charge in [0.25, 0.3) is 0 Å². The first-order chi connectivity index (χ1) is 6.36. The lowest BCUT2D eigenvalue weighted by molar-refractivity contribution is 0.544. The number of allylic oxidation sites excluding steroid dienone is 2. The lowest BCUT2D eigenvalue weighted by Crippen LogP contribution is -1.89. The third kappa shape index (κ3) is 3.97. The van der Waals surface area contributed by atoms with Crippen molar-refractivity contribution in [3.05, 3.63) is 11.6 Å². The molecule has 0 saturated heterocycles. The van der Waals surface area contributed by atoms with Gasteiger partial charge in [-0.05, 0) is 38.0 Å². The van der Waals surface area contributed by atoms with Crippen LogP contribution in [0.2, 0.25) is 0 Å². The summed E-state index contributed by atoms with van der Waals surface area (Å²) in [5.74, 6) is 0.937. The molecule has 0 aromatic heterocycles. The van der Waals surface area contributed by atoms with E-state index in [9.17, 15) is 0 Å². The Balaban J connectivity index is 2.18. The van der Waals surface area contributed by atoms with Crippen molar-refractivity contribution < 1.29 is 0 Å². The molecule has 0 spiro atoms. The fourth-order valence-electron chi connectivity index (χ4n) is 2.18. The molecule has 76 valence electrons. The van der Waals surface area contributed by atoms with Gasteiger partial charge in [0.1, 0.15) is 0 Å². The summed E-state index contributed by atoms with van der Waals surface area (Å²) in [6.07, 6.45) is 13.7. The summed E-state index contributed by atoms with van der Waals surface area (Å²) in [5.41, 5.74) is 1.75. The van der Waals surface area contributed by atoms with Crippen molar-refractivity contribution in [3.63, 3.8) is 0 Å². The van der Waals surface area contributed by atoms with Gasteiger partial charge in [0.15, 0.2) is 0 Å². The molecule has 0 fully saturated rings. The number of rotatable bonds is 6. The van der Waals surface area contributed by atoms with E-state index in [-0.39, 0.29) is 0 Å². The van der Waals surface area contributed by atoms with E-state index in [1.807, 2.05) is 0 Å². The minimum Gasteiger partial charge on any atom is -0.0822 e. The maximum atomic E-state index is 2.57.